The molecule has 1 saturated heterocycles. The maximum Gasteiger partial charge on any atom is 0.261 e. The van der Waals surface area contributed by atoms with Gasteiger partial charge < -0.3 is 28.5 Å². The smallest absolute Gasteiger partial charge is 0.261 e. The number of benzene rings is 3. The van der Waals surface area contributed by atoms with Crippen LogP contribution in [0.1, 0.15) is 53.0 Å². The SMILES string of the molecule is COc1ccc(COCC/C=C\C(O)C2OC(C)(C)O[C@H]2CCO[Si](c2ccccc2)(c2ccccc2)C(C)(C)C)cc1. The first kappa shape index (κ1) is 33.1. The standard InChI is InChI=1S/C36H48O6Si/c1-35(2,3)43(30-15-9-7-10-16-30,31-17-11-8-12-18-31)40-26-24-33-34(42-36(4,5)41-33)32(37)19-13-14-25-39-27-28-20-22-29(38-6)23-21-28/h7-13,15-23,32-34,37H,14,24-27H2,1-6H3/b19-13-/t32?,33-,34?/m0/s1. The molecule has 1 aliphatic heterocycles. The van der Waals surface area contributed by atoms with Gasteiger partial charge in [0.1, 0.15) is 18.0 Å². The van der Waals surface area contributed by atoms with Gasteiger partial charge in [0.2, 0.25) is 0 Å². The van der Waals surface area contributed by atoms with E-state index in [0.717, 1.165) is 11.3 Å². The fraction of sp³-hybridized carbons (Fsp3) is 0.444. The van der Waals surface area contributed by atoms with Crippen LogP contribution in [-0.4, -0.2) is 57.8 Å². The Morgan fingerprint density at radius 3 is 2.05 bits per heavy atom. The van der Waals surface area contributed by atoms with Crippen molar-refractivity contribution >= 4 is 18.7 Å². The Morgan fingerprint density at radius 2 is 1.49 bits per heavy atom. The highest BCUT2D eigenvalue weighted by Crippen LogP contribution is 2.38. The van der Waals surface area contributed by atoms with Crippen molar-refractivity contribution in [3.8, 4) is 5.75 Å². The highest BCUT2D eigenvalue weighted by atomic mass is 28.4. The molecule has 3 aromatic rings. The molecule has 43 heavy (non-hydrogen) atoms. The lowest BCUT2D eigenvalue weighted by molar-refractivity contribution is -0.153. The maximum absolute atomic E-state index is 11.1. The van der Waals surface area contributed by atoms with E-state index in [9.17, 15) is 5.11 Å². The first-order valence-corrected chi connectivity index (χ1v) is 17.1. The summed E-state index contributed by atoms with van der Waals surface area (Å²) in [5, 5.41) is 13.5. The fourth-order valence-electron chi connectivity index (χ4n) is 5.87. The van der Waals surface area contributed by atoms with Gasteiger partial charge in [-0.25, -0.2) is 0 Å². The van der Waals surface area contributed by atoms with Gasteiger partial charge in [0.05, 0.1) is 26.4 Å². The zero-order chi connectivity index (χ0) is 30.9. The molecule has 1 aliphatic rings. The molecule has 0 aliphatic carbocycles. The van der Waals surface area contributed by atoms with Gasteiger partial charge in [0.15, 0.2) is 5.79 Å². The molecule has 0 bridgehead atoms. The number of aliphatic hydroxyl groups excluding tert-OH is 1. The summed E-state index contributed by atoms with van der Waals surface area (Å²) in [4.78, 5) is 0. The summed E-state index contributed by atoms with van der Waals surface area (Å²) in [5.41, 5.74) is 1.09. The lowest BCUT2D eigenvalue weighted by Crippen LogP contribution is -2.66. The average molecular weight is 605 g/mol. The molecule has 0 aromatic heterocycles. The van der Waals surface area contributed by atoms with E-state index in [1.165, 1.54) is 10.4 Å². The molecule has 7 heteroatoms. The number of methoxy groups -OCH3 is 1. The molecule has 1 N–H and O–H groups in total. The number of ether oxygens (including phenoxy) is 4. The first-order valence-electron chi connectivity index (χ1n) is 15.2. The summed E-state index contributed by atoms with van der Waals surface area (Å²) in [5.74, 6) is 0.0399. The molecule has 0 amide bonds. The van der Waals surface area contributed by atoms with Crippen LogP contribution in [-0.2, 0) is 25.2 Å². The second kappa shape index (κ2) is 14.8. The summed E-state index contributed by atoms with van der Waals surface area (Å²) >= 11 is 0. The minimum absolute atomic E-state index is 0.112. The Morgan fingerprint density at radius 1 is 0.884 bits per heavy atom. The van der Waals surface area contributed by atoms with E-state index < -0.39 is 26.3 Å². The second-order valence-electron chi connectivity index (χ2n) is 12.5. The third kappa shape index (κ3) is 8.44. The lowest BCUT2D eigenvalue weighted by atomic mass is 10.1. The predicted octanol–water partition coefficient (Wildman–Crippen LogP) is 6.01. The van der Waals surface area contributed by atoms with Crippen molar-refractivity contribution in [2.24, 2.45) is 0 Å². The molecular weight excluding hydrogens is 556 g/mol. The van der Waals surface area contributed by atoms with Gasteiger partial charge in [-0.1, -0.05) is 106 Å². The summed E-state index contributed by atoms with van der Waals surface area (Å²) in [7, 11) is -1.01. The van der Waals surface area contributed by atoms with Crippen LogP contribution >= 0.6 is 0 Å². The number of rotatable bonds is 14. The number of hydrogen-bond acceptors (Lipinski definition) is 6. The fourth-order valence-corrected chi connectivity index (χ4v) is 10.5. The maximum atomic E-state index is 11.1. The van der Waals surface area contributed by atoms with Gasteiger partial charge in [-0.05, 0) is 59.8 Å². The summed E-state index contributed by atoms with van der Waals surface area (Å²) in [6, 6.07) is 29.1. The molecule has 1 fully saturated rings. The van der Waals surface area contributed by atoms with Crippen molar-refractivity contribution in [1.82, 2.24) is 0 Å². The van der Waals surface area contributed by atoms with Crippen LogP contribution in [0.15, 0.2) is 97.1 Å². The predicted molar refractivity (Wildman–Crippen MR) is 174 cm³/mol. The largest absolute Gasteiger partial charge is 0.497 e. The topological polar surface area (TPSA) is 66.4 Å². The average Bonchev–Trinajstić information content (AvgIpc) is 3.31. The van der Waals surface area contributed by atoms with E-state index in [4.69, 9.17) is 23.4 Å². The van der Waals surface area contributed by atoms with Crippen molar-refractivity contribution in [1.29, 1.82) is 0 Å². The monoisotopic (exact) mass is 604 g/mol. The van der Waals surface area contributed by atoms with Gasteiger partial charge in [0.25, 0.3) is 8.32 Å². The van der Waals surface area contributed by atoms with Crippen LogP contribution in [0.25, 0.3) is 0 Å². The third-order valence-electron chi connectivity index (χ3n) is 7.89. The van der Waals surface area contributed by atoms with Crippen molar-refractivity contribution in [2.75, 3.05) is 20.3 Å². The van der Waals surface area contributed by atoms with Gasteiger partial charge in [-0.3, -0.25) is 0 Å². The molecule has 3 atom stereocenters. The Kier molecular flexibility index (Phi) is 11.4. The van der Waals surface area contributed by atoms with Crippen molar-refractivity contribution in [3.63, 3.8) is 0 Å². The molecule has 0 spiro atoms. The first-order chi connectivity index (χ1) is 20.6. The zero-order valence-corrected chi connectivity index (χ0v) is 27.5. The van der Waals surface area contributed by atoms with E-state index in [2.05, 4.69) is 81.4 Å². The number of hydrogen-bond donors (Lipinski definition) is 1. The molecule has 4 rings (SSSR count). The van der Waals surface area contributed by atoms with Gasteiger partial charge >= 0.3 is 0 Å². The summed E-state index contributed by atoms with van der Waals surface area (Å²) in [6.07, 6.45) is 3.43. The Hall–Kier alpha value is -2.78. The highest BCUT2D eigenvalue weighted by Gasteiger charge is 2.51. The summed E-state index contributed by atoms with van der Waals surface area (Å²) in [6.45, 7) is 12.2. The Labute approximate surface area is 258 Å². The van der Waals surface area contributed by atoms with Gasteiger partial charge in [-0.2, -0.15) is 0 Å². The lowest BCUT2D eigenvalue weighted by Gasteiger charge is -2.43. The number of aliphatic hydroxyl groups is 1. The molecule has 1 heterocycles. The van der Waals surface area contributed by atoms with Crippen molar-refractivity contribution in [2.45, 2.75) is 83.2 Å². The molecule has 2 unspecified atom stereocenters. The normalized spacial score (nSPS) is 19.5. The van der Waals surface area contributed by atoms with E-state index >= 15 is 0 Å². The summed E-state index contributed by atoms with van der Waals surface area (Å²) < 4.78 is 30.6. The van der Waals surface area contributed by atoms with E-state index in [0.29, 0.717) is 32.7 Å². The van der Waals surface area contributed by atoms with Crippen LogP contribution < -0.4 is 15.1 Å². The van der Waals surface area contributed by atoms with E-state index in [-0.39, 0.29) is 11.1 Å². The van der Waals surface area contributed by atoms with E-state index in [1.807, 2.05) is 44.2 Å². The highest BCUT2D eigenvalue weighted by molar-refractivity contribution is 6.99. The second-order valence-corrected chi connectivity index (χ2v) is 16.9. The van der Waals surface area contributed by atoms with Crippen molar-refractivity contribution < 1.29 is 28.5 Å². The third-order valence-corrected chi connectivity index (χ3v) is 12.9. The molecule has 6 nitrogen and oxygen atoms in total. The molecular formula is C36H48O6Si. The van der Waals surface area contributed by atoms with Crippen LogP contribution in [0.3, 0.4) is 0 Å². The quantitative estimate of drug-likeness (QED) is 0.138. The molecule has 3 aromatic carbocycles. The Bertz CT molecular complexity index is 1230. The van der Waals surface area contributed by atoms with Crippen LogP contribution in [0.2, 0.25) is 5.04 Å². The minimum atomic E-state index is -2.66. The van der Waals surface area contributed by atoms with Gasteiger partial charge in [-0.15, -0.1) is 0 Å². The minimum Gasteiger partial charge on any atom is -0.497 e. The molecule has 232 valence electrons. The van der Waals surface area contributed by atoms with Crippen molar-refractivity contribution in [3.05, 3.63) is 103 Å². The van der Waals surface area contributed by atoms with Crippen LogP contribution in [0, 0.1) is 0 Å². The zero-order valence-electron chi connectivity index (χ0n) is 26.5. The molecule has 0 radical (unpaired) electrons. The van der Waals surface area contributed by atoms with Crippen LogP contribution in [0.4, 0.5) is 0 Å². The van der Waals surface area contributed by atoms with Gasteiger partial charge in [0, 0.05) is 6.61 Å². The van der Waals surface area contributed by atoms with Crippen LogP contribution in [0.5, 0.6) is 5.75 Å². The molecule has 0 saturated carbocycles. The van der Waals surface area contributed by atoms with E-state index in [1.54, 1.807) is 13.2 Å². The Balaban J connectivity index is 1.37.